The Hall–Kier alpha value is -4.32. The summed E-state index contributed by atoms with van der Waals surface area (Å²) in [5, 5.41) is 6.99. The summed E-state index contributed by atoms with van der Waals surface area (Å²) in [6.07, 6.45) is 3.80. The number of imide groups is 1. The van der Waals surface area contributed by atoms with E-state index in [1.165, 1.54) is 13.4 Å². The van der Waals surface area contributed by atoms with Gasteiger partial charge in [0.1, 0.15) is 17.8 Å². The number of aryl methyl sites for hydroxylation is 1. The molecule has 2 aromatic heterocycles. The van der Waals surface area contributed by atoms with Crippen molar-refractivity contribution in [3.8, 4) is 0 Å². The lowest BCUT2D eigenvalue weighted by Gasteiger charge is -2.19. The van der Waals surface area contributed by atoms with E-state index in [-0.39, 0.29) is 18.7 Å². The Morgan fingerprint density at radius 2 is 2.08 bits per heavy atom. The maximum Gasteiger partial charge on any atom is 0.419 e. The Kier molecular flexibility index (Phi) is 7.25. The van der Waals surface area contributed by atoms with Crippen molar-refractivity contribution >= 4 is 35.0 Å². The van der Waals surface area contributed by atoms with Gasteiger partial charge in [-0.25, -0.2) is 14.7 Å². The molecule has 4 rings (SSSR count). The van der Waals surface area contributed by atoms with Crippen LogP contribution in [0.4, 0.5) is 22.0 Å². The topological polar surface area (TPSA) is 149 Å². The SMILES string of the molecule is CNn1cc(C(=O)N(C(=O)OCOC)C2CC2)c(C)c1C(N)=Nc1cc(Nc2ccon2)ccc1C. The quantitative estimate of drug-likeness (QED) is 0.231. The molecule has 1 aliphatic carbocycles. The maximum atomic E-state index is 13.4. The van der Waals surface area contributed by atoms with Crippen LogP contribution in [0.5, 0.6) is 0 Å². The minimum absolute atomic E-state index is 0.197. The number of methoxy groups -OCH3 is 1. The molecule has 0 aliphatic heterocycles. The average molecular weight is 496 g/mol. The van der Waals surface area contributed by atoms with E-state index in [9.17, 15) is 9.59 Å². The molecule has 0 radical (unpaired) electrons. The van der Waals surface area contributed by atoms with E-state index < -0.39 is 12.0 Å². The van der Waals surface area contributed by atoms with Crippen LogP contribution < -0.4 is 16.5 Å². The molecule has 1 fully saturated rings. The van der Waals surface area contributed by atoms with Gasteiger partial charge >= 0.3 is 6.09 Å². The van der Waals surface area contributed by atoms with Crippen LogP contribution in [0.3, 0.4) is 0 Å². The molecule has 0 bridgehead atoms. The fourth-order valence-electron chi connectivity index (χ4n) is 3.76. The van der Waals surface area contributed by atoms with Crippen LogP contribution in [-0.2, 0) is 9.47 Å². The molecule has 2 amide bonds. The Morgan fingerprint density at radius 1 is 1.31 bits per heavy atom. The van der Waals surface area contributed by atoms with Crippen molar-refractivity contribution in [1.82, 2.24) is 14.7 Å². The molecule has 36 heavy (non-hydrogen) atoms. The summed E-state index contributed by atoms with van der Waals surface area (Å²) >= 11 is 0. The number of aliphatic imine (C=N–C) groups is 1. The standard InChI is InChI=1S/C24H29N7O5/c1-14-5-6-16(27-20-9-10-36-29-20)11-19(14)28-22(25)21-15(2)18(12-30(21)26-3)23(32)31(17-7-8-17)24(33)35-13-34-4/h5-6,9-12,17,26H,7-8,13H2,1-4H3,(H2,25,28)(H,27,29). The van der Waals surface area contributed by atoms with Gasteiger partial charge in [-0.2, -0.15) is 0 Å². The number of amides is 2. The largest absolute Gasteiger partial charge is 0.422 e. The van der Waals surface area contributed by atoms with Gasteiger partial charge in [-0.3, -0.25) is 9.47 Å². The van der Waals surface area contributed by atoms with Crippen LogP contribution in [0.15, 0.2) is 46.2 Å². The van der Waals surface area contributed by atoms with Crippen molar-refractivity contribution in [1.29, 1.82) is 0 Å². The number of nitrogens with one attached hydrogen (secondary N) is 2. The molecule has 190 valence electrons. The van der Waals surface area contributed by atoms with Gasteiger partial charge in [-0.1, -0.05) is 11.2 Å². The first-order chi connectivity index (χ1) is 17.3. The number of hydrogen-bond donors (Lipinski definition) is 3. The number of ether oxygens (including phenoxy) is 2. The van der Waals surface area contributed by atoms with E-state index >= 15 is 0 Å². The zero-order chi connectivity index (χ0) is 25.8. The van der Waals surface area contributed by atoms with Crippen LogP contribution in [0, 0.1) is 13.8 Å². The molecule has 0 spiro atoms. The summed E-state index contributed by atoms with van der Waals surface area (Å²) in [5.41, 5.74) is 13.2. The van der Waals surface area contributed by atoms with Crippen molar-refractivity contribution in [2.24, 2.45) is 10.7 Å². The Bertz CT molecular complexity index is 1280. The number of nitrogens with two attached hydrogens (primary N) is 1. The zero-order valence-corrected chi connectivity index (χ0v) is 20.6. The van der Waals surface area contributed by atoms with Crippen LogP contribution in [-0.4, -0.2) is 59.6 Å². The third-order valence-corrected chi connectivity index (χ3v) is 5.76. The normalized spacial score (nSPS) is 13.4. The fourth-order valence-corrected chi connectivity index (χ4v) is 3.76. The number of rotatable bonds is 9. The van der Waals surface area contributed by atoms with Crippen molar-refractivity contribution in [2.75, 3.05) is 31.7 Å². The number of nitrogens with zero attached hydrogens (tertiary/aromatic N) is 4. The van der Waals surface area contributed by atoms with Gasteiger partial charge in [-0.15, -0.1) is 0 Å². The van der Waals surface area contributed by atoms with E-state index in [4.69, 9.17) is 19.7 Å². The number of carbonyl (C=O) groups is 2. The smallest absolute Gasteiger partial charge is 0.419 e. The molecule has 3 aromatic rings. The molecule has 2 heterocycles. The Labute approximate surface area is 208 Å². The number of aromatic nitrogens is 2. The first-order valence-corrected chi connectivity index (χ1v) is 11.4. The number of carbonyl (C=O) groups excluding carboxylic acids is 2. The number of benzene rings is 1. The van der Waals surface area contributed by atoms with Gasteiger partial charge < -0.3 is 30.5 Å². The van der Waals surface area contributed by atoms with Gasteiger partial charge in [0.2, 0.25) is 0 Å². The van der Waals surface area contributed by atoms with Crippen molar-refractivity contribution in [3.63, 3.8) is 0 Å². The minimum Gasteiger partial charge on any atom is -0.422 e. The van der Waals surface area contributed by atoms with E-state index in [0.717, 1.165) is 29.0 Å². The minimum atomic E-state index is -0.740. The van der Waals surface area contributed by atoms with E-state index in [0.29, 0.717) is 28.3 Å². The summed E-state index contributed by atoms with van der Waals surface area (Å²) in [5.74, 6) is 0.297. The first kappa shape index (κ1) is 24.8. The van der Waals surface area contributed by atoms with Crippen molar-refractivity contribution in [3.05, 3.63) is 59.1 Å². The van der Waals surface area contributed by atoms with Gasteiger partial charge in [0.05, 0.1) is 11.3 Å². The third-order valence-electron chi connectivity index (χ3n) is 5.76. The van der Waals surface area contributed by atoms with E-state index in [2.05, 4.69) is 20.9 Å². The predicted molar refractivity (Wildman–Crippen MR) is 133 cm³/mol. The van der Waals surface area contributed by atoms with E-state index in [1.54, 1.807) is 30.9 Å². The zero-order valence-electron chi connectivity index (χ0n) is 20.6. The average Bonchev–Trinajstić information content (AvgIpc) is 3.43. The van der Waals surface area contributed by atoms with Crippen LogP contribution >= 0.6 is 0 Å². The lowest BCUT2D eigenvalue weighted by Crippen LogP contribution is -2.39. The summed E-state index contributed by atoms with van der Waals surface area (Å²) in [4.78, 5) is 31.7. The maximum absolute atomic E-state index is 13.4. The highest BCUT2D eigenvalue weighted by Crippen LogP contribution is 2.31. The second-order valence-electron chi connectivity index (χ2n) is 8.34. The Morgan fingerprint density at radius 3 is 2.72 bits per heavy atom. The summed E-state index contributed by atoms with van der Waals surface area (Å²) in [6.45, 7) is 3.45. The van der Waals surface area contributed by atoms with Crippen LogP contribution in [0.2, 0.25) is 0 Å². The molecule has 0 atom stereocenters. The fraction of sp³-hybridized carbons (Fsp3) is 0.333. The van der Waals surface area contributed by atoms with Gasteiger partial charge in [0, 0.05) is 38.1 Å². The summed E-state index contributed by atoms with van der Waals surface area (Å²) in [6, 6.07) is 7.15. The molecule has 1 saturated carbocycles. The predicted octanol–water partition coefficient (Wildman–Crippen LogP) is 3.39. The van der Waals surface area contributed by atoms with Crippen LogP contribution in [0.1, 0.15) is 40.0 Å². The second kappa shape index (κ2) is 10.5. The molecule has 0 unspecified atom stereocenters. The highest BCUT2D eigenvalue weighted by molar-refractivity contribution is 6.08. The molecule has 12 heteroatoms. The van der Waals surface area contributed by atoms with Gasteiger partial charge in [0.15, 0.2) is 12.6 Å². The molecule has 4 N–H and O–H groups in total. The molecular weight excluding hydrogens is 466 g/mol. The highest BCUT2D eigenvalue weighted by atomic mass is 16.7. The monoisotopic (exact) mass is 495 g/mol. The molecule has 12 nitrogen and oxygen atoms in total. The lowest BCUT2D eigenvalue weighted by atomic mass is 10.1. The first-order valence-electron chi connectivity index (χ1n) is 11.4. The van der Waals surface area contributed by atoms with Gasteiger partial charge in [0.25, 0.3) is 5.91 Å². The Balaban J connectivity index is 1.65. The van der Waals surface area contributed by atoms with Crippen LogP contribution in [0.25, 0.3) is 0 Å². The third kappa shape index (κ3) is 5.18. The number of hydrogen-bond acceptors (Lipinski definition) is 9. The molecule has 1 aliphatic rings. The molecule has 1 aromatic carbocycles. The molecule has 0 saturated heterocycles. The van der Waals surface area contributed by atoms with E-state index in [1.807, 2.05) is 25.1 Å². The second-order valence-corrected chi connectivity index (χ2v) is 8.34. The summed E-state index contributed by atoms with van der Waals surface area (Å²) in [7, 11) is 3.10. The van der Waals surface area contributed by atoms with Crippen molar-refractivity contribution < 1.29 is 23.6 Å². The lowest BCUT2D eigenvalue weighted by molar-refractivity contribution is -0.00364. The number of anilines is 2. The molecular formula is C24H29N7O5. The van der Waals surface area contributed by atoms with Gasteiger partial charge in [-0.05, 0) is 49.9 Å². The highest BCUT2D eigenvalue weighted by Gasteiger charge is 2.40. The van der Waals surface area contributed by atoms with Crippen molar-refractivity contribution in [2.45, 2.75) is 32.7 Å². The summed E-state index contributed by atoms with van der Waals surface area (Å²) < 4.78 is 16.3. The number of amidine groups is 1.